The molecule has 0 aromatic heterocycles. The van der Waals surface area contributed by atoms with Crippen LogP contribution in [0.3, 0.4) is 0 Å². The second kappa shape index (κ2) is 8.51. The quantitative estimate of drug-likeness (QED) is 0.712. The van der Waals surface area contributed by atoms with Gasteiger partial charge in [-0.25, -0.2) is 0 Å². The van der Waals surface area contributed by atoms with Crippen LogP contribution in [0.4, 0.5) is 13.2 Å². The summed E-state index contributed by atoms with van der Waals surface area (Å²) in [6.07, 6.45) is -5.10. The van der Waals surface area contributed by atoms with Crippen molar-refractivity contribution < 1.29 is 32.5 Å². The van der Waals surface area contributed by atoms with Gasteiger partial charge in [0.1, 0.15) is 12.4 Å². The third-order valence-electron chi connectivity index (χ3n) is 2.52. The number of carboxylic acid groups (broad SMARTS) is 1. The molecule has 0 radical (unpaired) electrons. The molecule has 1 N–H and O–H groups in total. The van der Waals surface area contributed by atoms with E-state index in [2.05, 4.69) is 0 Å². The summed E-state index contributed by atoms with van der Waals surface area (Å²) in [6, 6.07) is 6.57. The Labute approximate surface area is 120 Å². The fraction of sp³-hybridized carbons (Fsp3) is 0.500. The van der Waals surface area contributed by atoms with Crippen molar-refractivity contribution >= 4 is 5.97 Å². The van der Waals surface area contributed by atoms with Gasteiger partial charge in [-0.05, 0) is 24.1 Å². The predicted octanol–water partition coefficient (Wildman–Crippen LogP) is 3.05. The summed E-state index contributed by atoms with van der Waals surface area (Å²) >= 11 is 0. The number of alkyl halides is 3. The molecule has 0 amide bonds. The molecule has 0 saturated heterocycles. The van der Waals surface area contributed by atoms with Crippen molar-refractivity contribution in [2.45, 2.75) is 25.4 Å². The zero-order valence-corrected chi connectivity index (χ0v) is 11.4. The van der Waals surface area contributed by atoms with E-state index >= 15 is 0 Å². The van der Waals surface area contributed by atoms with E-state index < -0.39 is 18.6 Å². The molecular formula is C14H17F3O4. The first-order chi connectivity index (χ1) is 9.87. The summed E-state index contributed by atoms with van der Waals surface area (Å²) in [5.41, 5.74) is 0.665. The van der Waals surface area contributed by atoms with Crippen LogP contribution in [0.2, 0.25) is 0 Å². The van der Waals surface area contributed by atoms with Crippen LogP contribution in [-0.2, 0) is 16.0 Å². The molecule has 0 aliphatic heterocycles. The fourth-order valence-corrected chi connectivity index (χ4v) is 1.57. The van der Waals surface area contributed by atoms with E-state index in [1.54, 1.807) is 24.3 Å². The van der Waals surface area contributed by atoms with Gasteiger partial charge in [-0.2, -0.15) is 13.2 Å². The lowest BCUT2D eigenvalue weighted by molar-refractivity contribution is -0.138. The zero-order valence-electron chi connectivity index (χ0n) is 11.4. The Kier molecular flexibility index (Phi) is 7.01. The number of ether oxygens (including phenoxy) is 2. The first-order valence-corrected chi connectivity index (χ1v) is 6.45. The van der Waals surface area contributed by atoms with E-state index in [9.17, 15) is 18.0 Å². The highest BCUT2D eigenvalue weighted by atomic mass is 19.4. The molecule has 1 aromatic carbocycles. The first kappa shape index (κ1) is 17.3. The van der Waals surface area contributed by atoms with Crippen LogP contribution in [0.15, 0.2) is 24.3 Å². The summed E-state index contributed by atoms with van der Waals surface area (Å²) in [5, 5.41) is 8.61. The number of hydrogen-bond donors (Lipinski definition) is 1. The van der Waals surface area contributed by atoms with Crippen LogP contribution < -0.4 is 4.74 Å². The molecule has 0 saturated carbocycles. The molecular weight excluding hydrogens is 289 g/mol. The number of hydrogen-bond acceptors (Lipinski definition) is 3. The molecule has 1 rings (SSSR count). The number of carbonyl (C=O) groups is 1. The lowest BCUT2D eigenvalue weighted by Gasteiger charge is -2.08. The van der Waals surface area contributed by atoms with Gasteiger partial charge in [-0.3, -0.25) is 4.79 Å². The van der Waals surface area contributed by atoms with E-state index in [-0.39, 0.29) is 32.7 Å². The second-order valence-corrected chi connectivity index (χ2v) is 4.39. The lowest BCUT2D eigenvalue weighted by Crippen LogP contribution is -2.11. The number of rotatable bonds is 9. The maximum atomic E-state index is 11.8. The Morgan fingerprint density at radius 1 is 1.10 bits per heavy atom. The number of halogens is 3. The van der Waals surface area contributed by atoms with Gasteiger partial charge in [-0.1, -0.05) is 12.1 Å². The molecule has 0 bridgehead atoms. The van der Waals surface area contributed by atoms with Gasteiger partial charge in [0.25, 0.3) is 0 Å². The third-order valence-corrected chi connectivity index (χ3v) is 2.52. The summed E-state index contributed by atoms with van der Waals surface area (Å²) < 4.78 is 45.9. The molecule has 21 heavy (non-hydrogen) atoms. The molecule has 4 nitrogen and oxygen atoms in total. The summed E-state index contributed by atoms with van der Waals surface area (Å²) in [6.45, 7) is 0.472. The molecule has 0 aliphatic rings. The van der Waals surface area contributed by atoms with Crippen LogP contribution in [0.1, 0.15) is 18.4 Å². The van der Waals surface area contributed by atoms with Crippen LogP contribution in [0, 0.1) is 0 Å². The minimum atomic E-state index is -4.14. The van der Waals surface area contributed by atoms with E-state index in [0.29, 0.717) is 11.3 Å². The van der Waals surface area contributed by atoms with Gasteiger partial charge in [0, 0.05) is 13.0 Å². The Morgan fingerprint density at radius 2 is 1.76 bits per heavy atom. The van der Waals surface area contributed by atoms with E-state index in [1.165, 1.54) is 0 Å². The second-order valence-electron chi connectivity index (χ2n) is 4.39. The molecule has 1 aromatic rings. The average Bonchev–Trinajstić information content (AvgIpc) is 2.37. The Bertz CT molecular complexity index is 429. The van der Waals surface area contributed by atoms with Gasteiger partial charge in [-0.15, -0.1) is 0 Å². The maximum absolute atomic E-state index is 11.8. The minimum absolute atomic E-state index is 0.0421. The number of benzene rings is 1. The summed E-state index contributed by atoms with van der Waals surface area (Å²) in [4.78, 5) is 10.5. The van der Waals surface area contributed by atoms with Gasteiger partial charge in [0.05, 0.1) is 13.0 Å². The van der Waals surface area contributed by atoms with Crippen molar-refractivity contribution in [2.24, 2.45) is 0 Å². The molecule has 0 atom stereocenters. The highest BCUT2D eigenvalue weighted by Gasteiger charge is 2.25. The van der Waals surface area contributed by atoms with Gasteiger partial charge < -0.3 is 14.6 Å². The van der Waals surface area contributed by atoms with Crippen molar-refractivity contribution in [2.75, 3.05) is 19.8 Å². The van der Waals surface area contributed by atoms with Crippen molar-refractivity contribution in [3.63, 3.8) is 0 Å². The van der Waals surface area contributed by atoms with Gasteiger partial charge in [0.2, 0.25) is 0 Å². The van der Waals surface area contributed by atoms with Crippen LogP contribution in [0.25, 0.3) is 0 Å². The van der Waals surface area contributed by atoms with Crippen molar-refractivity contribution in [3.8, 4) is 5.75 Å². The molecule has 7 heteroatoms. The lowest BCUT2D eigenvalue weighted by atomic mass is 10.1. The van der Waals surface area contributed by atoms with Crippen LogP contribution in [-0.4, -0.2) is 37.1 Å². The van der Waals surface area contributed by atoms with Crippen LogP contribution >= 0.6 is 0 Å². The predicted molar refractivity (Wildman–Crippen MR) is 69.4 cm³/mol. The molecule has 0 heterocycles. The first-order valence-electron chi connectivity index (χ1n) is 6.45. The van der Waals surface area contributed by atoms with Crippen molar-refractivity contribution in [1.29, 1.82) is 0 Å². The summed E-state index contributed by atoms with van der Waals surface area (Å²) in [5.74, 6) is -0.348. The smallest absolute Gasteiger partial charge is 0.389 e. The average molecular weight is 306 g/mol. The monoisotopic (exact) mass is 306 g/mol. The highest BCUT2D eigenvalue weighted by Crippen LogP contribution is 2.21. The maximum Gasteiger partial charge on any atom is 0.389 e. The van der Waals surface area contributed by atoms with E-state index in [4.69, 9.17) is 14.6 Å². The van der Waals surface area contributed by atoms with Gasteiger partial charge >= 0.3 is 12.1 Å². The molecule has 0 spiro atoms. The zero-order chi connectivity index (χ0) is 15.7. The normalized spacial score (nSPS) is 11.4. The largest absolute Gasteiger partial charge is 0.491 e. The topological polar surface area (TPSA) is 55.8 Å². The number of aliphatic carboxylic acids is 1. The Morgan fingerprint density at radius 3 is 2.33 bits per heavy atom. The standard InChI is InChI=1S/C14H17F3O4/c15-14(16,17)6-1-7-20-8-9-21-12-4-2-11(3-5-12)10-13(18)19/h2-5H,1,6-10H2,(H,18,19). The summed E-state index contributed by atoms with van der Waals surface area (Å²) in [7, 11) is 0. The van der Waals surface area contributed by atoms with E-state index in [0.717, 1.165) is 0 Å². The van der Waals surface area contributed by atoms with Crippen molar-refractivity contribution in [3.05, 3.63) is 29.8 Å². The molecule has 118 valence electrons. The minimum Gasteiger partial charge on any atom is -0.491 e. The highest BCUT2D eigenvalue weighted by molar-refractivity contribution is 5.70. The molecule has 0 unspecified atom stereocenters. The molecule has 0 fully saturated rings. The van der Waals surface area contributed by atoms with Crippen LogP contribution in [0.5, 0.6) is 5.75 Å². The van der Waals surface area contributed by atoms with Crippen molar-refractivity contribution in [1.82, 2.24) is 0 Å². The Balaban J connectivity index is 2.11. The van der Waals surface area contributed by atoms with E-state index in [1.807, 2.05) is 0 Å². The molecule has 0 aliphatic carbocycles. The fourth-order valence-electron chi connectivity index (χ4n) is 1.57. The number of carboxylic acids is 1. The van der Waals surface area contributed by atoms with Gasteiger partial charge in [0.15, 0.2) is 0 Å². The SMILES string of the molecule is O=C(O)Cc1ccc(OCCOCCCC(F)(F)F)cc1. The Hall–Kier alpha value is -1.76. The third kappa shape index (κ3) is 8.91.